The molecule has 0 aliphatic carbocycles. The van der Waals surface area contributed by atoms with Gasteiger partial charge in [-0.05, 0) is 37.6 Å². The fourth-order valence-corrected chi connectivity index (χ4v) is 2.34. The van der Waals surface area contributed by atoms with Crippen LogP contribution in [0.25, 0.3) is 0 Å². The van der Waals surface area contributed by atoms with Gasteiger partial charge in [-0.1, -0.05) is 30.3 Å². The molecule has 0 fully saturated rings. The van der Waals surface area contributed by atoms with Crippen LogP contribution in [0.1, 0.15) is 18.1 Å². The molecule has 0 saturated carbocycles. The van der Waals surface area contributed by atoms with Crippen LogP contribution < -0.4 is 10.1 Å². The van der Waals surface area contributed by atoms with Gasteiger partial charge in [0.15, 0.2) is 6.61 Å². The summed E-state index contributed by atoms with van der Waals surface area (Å²) in [5, 5.41) is 2.73. The van der Waals surface area contributed by atoms with Crippen molar-refractivity contribution in [3.63, 3.8) is 0 Å². The second-order valence-corrected chi connectivity index (χ2v) is 5.80. The molecule has 2 rings (SSSR count). The Bertz CT molecular complexity index is 705. The minimum absolute atomic E-state index is 0.111. The molecule has 0 aromatic heterocycles. The average Bonchev–Trinajstić information content (AvgIpc) is 2.58. The van der Waals surface area contributed by atoms with E-state index in [1.165, 1.54) is 13.2 Å². The summed E-state index contributed by atoms with van der Waals surface area (Å²) in [4.78, 5) is 12.0. The van der Waals surface area contributed by atoms with Gasteiger partial charge in [0.05, 0.1) is 6.54 Å². The molecular formula is C19H22FNO3. The second-order valence-electron chi connectivity index (χ2n) is 5.80. The van der Waals surface area contributed by atoms with Gasteiger partial charge in [-0.25, -0.2) is 4.39 Å². The Labute approximate surface area is 141 Å². The second kappa shape index (κ2) is 7.93. The minimum atomic E-state index is -0.954. The van der Waals surface area contributed by atoms with Gasteiger partial charge >= 0.3 is 0 Å². The molecule has 0 saturated heterocycles. The summed E-state index contributed by atoms with van der Waals surface area (Å²) >= 11 is 0. The van der Waals surface area contributed by atoms with Crippen LogP contribution in [0, 0.1) is 12.7 Å². The topological polar surface area (TPSA) is 47.6 Å². The predicted molar refractivity (Wildman–Crippen MR) is 90.4 cm³/mol. The molecule has 1 unspecified atom stereocenters. The Balaban J connectivity index is 1.93. The maximum atomic E-state index is 14.0. The predicted octanol–water partition coefficient (Wildman–Crippen LogP) is 3.19. The van der Waals surface area contributed by atoms with E-state index in [-0.39, 0.29) is 24.9 Å². The lowest BCUT2D eigenvalue weighted by Crippen LogP contribution is -2.42. The maximum absolute atomic E-state index is 14.0. The van der Waals surface area contributed by atoms with Crippen LogP contribution in [0.2, 0.25) is 0 Å². The summed E-state index contributed by atoms with van der Waals surface area (Å²) in [5.74, 6) is -0.0306. The van der Waals surface area contributed by atoms with Crippen molar-refractivity contribution in [3.8, 4) is 5.75 Å². The number of benzene rings is 2. The Hall–Kier alpha value is -2.40. The lowest BCUT2D eigenvalue weighted by atomic mass is 9.95. The first kappa shape index (κ1) is 17.9. The third-order valence-electron chi connectivity index (χ3n) is 3.88. The van der Waals surface area contributed by atoms with Crippen molar-refractivity contribution >= 4 is 5.91 Å². The van der Waals surface area contributed by atoms with Gasteiger partial charge in [-0.3, -0.25) is 4.79 Å². The SMILES string of the molecule is COC(C)(CNC(=O)COc1cccc(C)c1)c1ccccc1F. The molecule has 0 aliphatic rings. The number of carbonyl (C=O) groups is 1. The Morgan fingerprint density at radius 1 is 1.21 bits per heavy atom. The molecule has 2 aromatic carbocycles. The largest absolute Gasteiger partial charge is 0.484 e. The molecule has 1 amide bonds. The number of nitrogens with one attached hydrogen (secondary N) is 1. The summed E-state index contributed by atoms with van der Waals surface area (Å²) in [6, 6.07) is 13.8. The van der Waals surface area contributed by atoms with Gasteiger partial charge in [0.1, 0.15) is 17.2 Å². The summed E-state index contributed by atoms with van der Waals surface area (Å²) in [6.45, 7) is 3.71. The molecule has 0 radical (unpaired) electrons. The number of hydrogen-bond donors (Lipinski definition) is 1. The minimum Gasteiger partial charge on any atom is -0.484 e. The van der Waals surface area contributed by atoms with E-state index < -0.39 is 5.60 Å². The van der Waals surface area contributed by atoms with Gasteiger partial charge < -0.3 is 14.8 Å². The highest BCUT2D eigenvalue weighted by Crippen LogP contribution is 2.26. The molecule has 0 heterocycles. The van der Waals surface area contributed by atoms with Gasteiger partial charge in [-0.2, -0.15) is 0 Å². The first-order valence-electron chi connectivity index (χ1n) is 7.71. The van der Waals surface area contributed by atoms with Crippen LogP contribution in [0.15, 0.2) is 48.5 Å². The van der Waals surface area contributed by atoms with Crippen LogP contribution in [-0.4, -0.2) is 26.2 Å². The molecule has 0 aliphatic heterocycles. The molecule has 24 heavy (non-hydrogen) atoms. The van der Waals surface area contributed by atoms with E-state index in [1.807, 2.05) is 25.1 Å². The van der Waals surface area contributed by atoms with Gasteiger partial charge in [-0.15, -0.1) is 0 Å². The summed E-state index contributed by atoms with van der Waals surface area (Å²) < 4.78 is 24.9. The molecule has 128 valence electrons. The zero-order valence-corrected chi connectivity index (χ0v) is 14.1. The fraction of sp³-hybridized carbons (Fsp3) is 0.316. The molecule has 2 aromatic rings. The van der Waals surface area contributed by atoms with Gasteiger partial charge in [0.25, 0.3) is 5.91 Å². The van der Waals surface area contributed by atoms with Gasteiger partial charge in [0, 0.05) is 12.7 Å². The maximum Gasteiger partial charge on any atom is 0.258 e. The van der Waals surface area contributed by atoms with E-state index in [1.54, 1.807) is 31.2 Å². The molecule has 0 spiro atoms. The van der Waals surface area contributed by atoms with Crippen LogP contribution in [0.5, 0.6) is 5.75 Å². The van der Waals surface area contributed by atoms with E-state index in [2.05, 4.69) is 5.32 Å². The normalized spacial score (nSPS) is 13.2. The molecule has 4 nitrogen and oxygen atoms in total. The number of aryl methyl sites for hydroxylation is 1. The van der Waals surface area contributed by atoms with Crippen LogP contribution in [0.4, 0.5) is 4.39 Å². The lowest BCUT2D eigenvalue weighted by molar-refractivity contribution is -0.124. The highest BCUT2D eigenvalue weighted by Gasteiger charge is 2.29. The molecule has 0 bridgehead atoms. The first-order valence-corrected chi connectivity index (χ1v) is 7.71. The number of amides is 1. The highest BCUT2D eigenvalue weighted by atomic mass is 19.1. The van der Waals surface area contributed by atoms with E-state index in [0.29, 0.717) is 11.3 Å². The van der Waals surface area contributed by atoms with Crippen molar-refractivity contribution in [2.45, 2.75) is 19.4 Å². The number of halogens is 1. The zero-order chi connectivity index (χ0) is 17.6. The van der Waals surface area contributed by atoms with Crippen LogP contribution >= 0.6 is 0 Å². The fourth-order valence-electron chi connectivity index (χ4n) is 2.34. The smallest absolute Gasteiger partial charge is 0.258 e. The number of ether oxygens (including phenoxy) is 2. The van der Waals surface area contributed by atoms with E-state index >= 15 is 0 Å². The number of carbonyl (C=O) groups excluding carboxylic acids is 1. The molecular weight excluding hydrogens is 309 g/mol. The van der Waals surface area contributed by atoms with Gasteiger partial charge in [0.2, 0.25) is 0 Å². The van der Waals surface area contributed by atoms with Crippen molar-refractivity contribution in [2.24, 2.45) is 0 Å². The molecule has 1 N–H and O–H groups in total. The zero-order valence-electron chi connectivity index (χ0n) is 14.1. The quantitative estimate of drug-likeness (QED) is 0.847. The summed E-state index contributed by atoms with van der Waals surface area (Å²) in [7, 11) is 1.49. The monoisotopic (exact) mass is 331 g/mol. The summed E-state index contributed by atoms with van der Waals surface area (Å²) in [6.07, 6.45) is 0. The highest BCUT2D eigenvalue weighted by molar-refractivity contribution is 5.77. The Morgan fingerprint density at radius 3 is 2.62 bits per heavy atom. The lowest BCUT2D eigenvalue weighted by Gasteiger charge is -2.29. The Kier molecular flexibility index (Phi) is 5.93. The van der Waals surface area contributed by atoms with Crippen molar-refractivity contribution < 1.29 is 18.7 Å². The van der Waals surface area contributed by atoms with Crippen molar-refractivity contribution in [1.82, 2.24) is 5.32 Å². The summed E-state index contributed by atoms with van der Waals surface area (Å²) in [5.41, 5.74) is 0.497. The van der Waals surface area contributed by atoms with E-state index in [4.69, 9.17) is 9.47 Å². The number of rotatable bonds is 7. The molecule has 1 atom stereocenters. The van der Waals surface area contributed by atoms with Crippen molar-refractivity contribution in [3.05, 3.63) is 65.5 Å². The van der Waals surface area contributed by atoms with Crippen molar-refractivity contribution in [1.29, 1.82) is 0 Å². The number of methoxy groups -OCH3 is 1. The number of hydrogen-bond acceptors (Lipinski definition) is 3. The van der Waals surface area contributed by atoms with Crippen LogP contribution in [0.3, 0.4) is 0 Å². The first-order chi connectivity index (χ1) is 11.4. The van der Waals surface area contributed by atoms with E-state index in [0.717, 1.165) is 5.56 Å². The van der Waals surface area contributed by atoms with Crippen LogP contribution in [-0.2, 0) is 15.1 Å². The molecule has 5 heteroatoms. The van der Waals surface area contributed by atoms with E-state index in [9.17, 15) is 9.18 Å². The standard InChI is InChI=1S/C19H22FNO3/c1-14-7-6-8-15(11-14)24-12-18(22)21-13-19(2,23-3)16-9-4-5-10-17(16)20/h4-11H,12-13H2,1-3H3,(H,21,22). The third kappa shape index (κ3) is 4.55. The van der Waals surface area contributed by atoms with Crippen molar-refractivity contribution in [2.75, 3.05) is 20.3 Å². The third-order valence-corrected chi connectivity index (χ3v) is 3.88. The Morgan fingerprint density at radius 2 is 1.96 bits per heavy atom. The average molecular weight is 331 g/mol.